The molecule has 0 radical (unpaired) electrons. The number of aromatic nitrogens is 2. The van der Waals surface area contributed by atoms with Gasteiger partial charge in [0.2, 0.25) is 0 Å². The van der Waals surface area contributed by atoms with E-state index < -0.39 is 0 Å². The summed E-state index contributed by atoms with van der Waals surface area (Å²) >= 11 is 0. The molecule has 1 heterocycles. The van der Waals surface area contributed by atoms with Crippen molar-refractivity contribution in [1.29, 1.82) is 0 Å². The maximum atomic E-state index is 5.97. The first-order chi connectivity index (χ1) is 9.65. The van der Waals surface area contributed by atoms with Crippen LogP contribution in [-0.4, -0.2) is 9.97 Å². The number of benzene rings is 1. The van der Waals surface area contributed by atoms with Crippen LogP contribution in [0.5, 0.6) is 0 Å². The molecule has 1 aromatic heterocycles. The van der Waals surface area contributed by atoms with Gasteiger partial charge in [0.1, 0.15) is 11.6 Å². The highest BCUT2D eigenvalue weighted by atomic mass is 15.0. The van der Waals surface area contributed by atoms with Gasteiger partial charge in [0, 0.05) is 17.7 Å². The third kappa shape index (κ3) is 2.40. The lowest BCUT2D eigenvalue weighted by Gasteiger charge is -2.25. The summed E-state index contributed by atoms with van der Waals surface area (Å²) < 4.78 is 0. The van der Waals surface area contributed by atoms with Gasteiger partial charge >= 0.3 is 0 Å². The molecule has 3 heteroatoms. The van der Waals surface area contributed by atoms with Crippen molar-refractivity contribution in [2.75, 3.05) is 5.73 Å². The van der Waals surface area contributed by atoms with Crippen LogP contribution in [0.3, 0.4) is 0 Å². The Morgan fingerprint density at radius 1 is 1.20 bits per heavy atom. The summed E-state index contributed by atoms with van der Waals surface area (Å²) in [4.78, 5) is 9.27. The summed E-state index contributed by atoms with van der Waals surface area (Å²) in [6, 6.07) is 10.5. The summed E-state index contributed by atoms with van der Waals surface area (Å²) in [6.45, 7) is 4.28. The number of nitrogen functional groups attached to an aromatic ring is 1. The number of nitrogens with two attached hydrogens (primary N) is 1. The lowest BCUT2D eigenvalue weighted by atomic mass is 9.82. The van der Waals surface area contributed by atoms with Gasteiger partial charge in [0.25, 0.3) is 0 Å². The van der Waals surface area contributed by atoms with Crippen molar-refractivity contribution in [2.24, 2.45) is 0 Å². The quantitative estimate of drug-likeness (QED) is 0.903. The normalized spacial score (nSPS) is 18.1. The molecule has 1 aliphatic carbocycles. The van der Waals surface area contributed by atoms with Gasteiger partial charge in [-0.2, -0.15) is 0 Å². The van der Waals surface area contributed by atoms with Crippen LogP contribution >= 0.6 is 0 Å². The first-order valence-corrected chi connectivity index (χ1v) is 7.37. The second-order valence-corrected chi connectivity index (χ2v) is 5.87. The van der Waals surface area contributed by atoms with Crippen LogP contribution in [0.15, 0.2) is 30.3 Å². The van der Waals surface area contributed by atoms with Gasteiger partial charge in [-0.1, -0.05) is 38.1 Å². The van der Waals surface area contributed by atoms with Crippen LogP contribution in [-0.2, 0) is 6.42 Å². The average molecular weight is 267 g/mol. The summed E-state index contributed by atoms with van der Waals surface area (Å²) in [6.07, 6.45) is 3.46. The number of fused-ring (bicyclic) bond motifs is 1. The summed E-state index contributed by atoms with van der Waals surface area (Å²) in [7, 11) is 0. The van der Waals surface area contributed by atoms with Crippen molar-refractivity contribution in [3.63, 3.8) is 0 Å². The van der Waals surface area contributed by atoms with E-state index in [4.69, 9.17) is 10.7 Å². The fourth-order valence-corrected chi connectivity index (χ4v) is 2.98. The average Bonchev–Trinajstić information content (AvgIpc) is 2.46. The largest absolute Gasteiger partial charge is 0.384 e. The van der Waals surface area contributed by atoms with Crippen molar-refractivity contribution in [1.82, 2.24) is 9.97 Å². The molecule has 20 heavy (non-hydrogen) atoms. The third-order valence-corrected chi connectivity index (χ3v) is 4.06. The van der Waals surface area contributed by atoms with Crippen molar-refractivity contribution in [3.05, 3.63) is 53.0 Å². The monoisotopic (exact) mass is 267 g/mol. The van der Waals surface area contributed by atoms with E-state index in [0.29, 0.717) is 17.7 Å². The number of hydrogen-bond acceptors (Lipinski definition) is 3. The minimum atomic E-state index is 0.293. The molecule has 1 aromatic carbocycles. The molecule has 1 atom stereocenters. The van der Waals surface area contributed by atoms with E-state index in [1.165, 1.54) is 17.5 Å². The lowest BCUT2D eigenvalue weighted by molar-refractivity contribution is 0.586. The number of aryl methyl sites for hydroxylation is 1. The highest BCUT2D eigenvalue weighted by molar-refractivity contribution is 5.39. The molecule has 1 aliphatic rings. The summed E-state index contributed by atoms with van der Waals surface area (Å²) in [5.41, 5.74) is 9.82. The zero-order valence-electron chi connectivity index (χ0n) is 12.1. The van der Waals surface area contributed by atoms with E-state index in [0.717, 1.165) is 24.4 Å². The minimum Gasteiger partial charge on any atom is -0.384 e. The molecule has 0 saturated carbocycles. The Kier molecular flexibility index (Phi) is 3.43. The van der Waals surface area contributed by atoms with Crippen LogP contribution in [0.4, 0.5) is 5.82 Å². The zero-order chi connectivity index (χ0) is 14.1. The lowest BCUT2D eigenvalue weighted by Crippen LogP contribution is -2.15. The van der Waals surface area contributed by atoms with E-state index in [-0.39, 0.29) is 0 Å². The Morgan fingerprint density at radius 2 is 2.00 bits per heavy atom. The van der Waals surface area contributed by atoms with Gasteiger partial charge in [0.15, 0.2) is 0 Å². The SMILES string of the molecule is CC(C)c1cc(N)nc(C2CCCc3ccccc32)n1. The fraction of sp³-hybridized carbons (Fsp3) is 0.412. The molecule has 3 nitrogen and oxygen atoms in total. The molecule has 0 amide bonds. The molecule has 2 aromatic rings. The zero-order valence-corrected chi connectivity index (χ0v) is 12.1. The van der Waals surface area contributed by atoms with Crippen molar-refractivity contribution in [3.8, 4) is 0 Å². The molecular formula is C17H21N3. The maximum Gasteiger partial charge on any atom is 0.138 e. The molecule has 3 rings (SSSR count). The van der Waals surface area contributed by atoms with Gasteiger partial charge in [-0.3, -0.25) is 0 Å². The van der Waals surface area contributed by atoms with E-state index >= 15 is 0 Å². The molecule has 0 spiro atoms. The minimum absolute atomic E-state index is 0.293. The first-order valence-electron chi connectivity index (χ1n) is 7.37. The second kappa shape index (κ2) is 5.23. The molecule has 104 valence electrons. The van der Waals surface area contributed by atoms with Crippen LogP contribution in [0, 0.1) is 0 Å². The molecular weight excluding hydrogens is 246 g/mol. The Bertz CT molecular complexity index is 619. The van der Waals surface area contributed by atoms with Crippen molar-refractivity contribution >= 4 is 5.82 Å². The summed E-state index contributed by atoms with van der Waals surface area (Å²) in [5, 5.41) is 0. The Hall–Kier alpha value is -1.90. The third-order valence-electron chi connectivity index (χ3n) is 4.06. The maximum absolute atomic E-state index is 5.97. The number of nitrogens with zero attached hydrogens (tertiary/aromatic N) is 2. The first kappa shape index (κ1) is 13.1. The predicted molar refractivity (Wildman–Crippen MR) is 81.8 cm³/mol. The van der Waals surface area contributed by atoms with E-state index in [2.05, 4.69) is 43.1 Å². The van der Waals surface area contributed by atoms with Crippen molar-refractivity contribution in [2.45, 2.75) is 44.9 Å². The molecule has 0 bridgehead atoms. The van der Waals surface area contributed by atoms with Gasteiger partial charge < -0.3 is 5.73 Å². The number of rotatable bonds is 2. The van der Waals surface area contributed by atoms with Crippen LogP contribution in [0.2, 0.25) is 0 Å². The van der Waals surface area contributed by atoms with Gasteiger partial charge in [-0.05, 0) is 36.3 Å². The Labute approximate surface area is 120 Å². The van der Waals surface area contributed by atoms with Gasteiger partial charge in [-0.15, -0.1) is 0 Å². The van der Waals surface area contributed by atoms with E-state index in [9.17, 15) is 0 Å². The van der Waals surface area contributed by atoms with Crippen molar-refractivity contribution < 1.29 is 0 Å². The Morgan fingerprint density at radius 3 is 2.80 bits per heavy atom. The van der Waals surface area contributed by atoms with E-state index in [1.807, 2.05) is 6.07 Å². The second-order valence-electron chi connectivity index (χ2n) is 5.87. The predicted octanol–water partition coefficient (Wildman–Crippen LogP) is 3.65. The van der Waals surface area contributed by atoms with Crippen LogP contribution < -0.4 is 5.73 Å². The molecule has 0 fully saturated rings. The highest BCUT2D eigenvalue weighted by Gasteiger charge is 2.24. The van der Waals surface area contributed by atoms with Crippen LogP contribution in [0.1, 0.15) is 61.2 Å². The fourth-order valence-electron chi connectivity index (χ4n) is 2.98. The smallest absolute Gasteiger partial charge is 0.138 e. The van der Waals surface area contributed by atoms with Gasteiger partial charge in [-0.25, -0.2) is 9.97 Å². The highest BCUT2D eigenvalue weighted by Crippen LogP contribution is 2.35. The Balaban J connectivity index is 2.06. The molecule has 2 N–H and O–H groups in total. The summed E-state index contributed by atoms with van der Waals surface area (Å²) in [5.74, 6) is 2.14. The van der Waals surface area contributed by atoms with Crippen LogP contribution in [0.25, 0.3) is 0 Å². The molecule has 0 saturated heterocycles. The molecule has 0 aliphatic heterocycles. The topological polar surface area (TPSA) is 51.8 Å². The number of hydrogen-bond donors (Lipinski definition) is 1. The molecule has 1 unspecified atom stereocenters. The number of anilines is 1. The standard InChI is InChI=1S/C17H21N3/c1-11(2)15-10-16(18)20-17(19-15)14-9-5-7-12-6-3-4-8-13(12)14/h3-4,6,8,10-11,14H,5,7,9H2,1-2H3,(H2,18,19,20). The van der Waals surface area contributed by atoms with Gasteiger partial charge in [0.05, 0.1) is 0 Å². The van der Waals surface area contributed by atoms with E-state index in [1.54, 1.807) is 0 Å².